The van der Waals surface area contributed by atoms with E-state index in [1.54, 1.807) is 36.4 Å². The van der Waals surface area contributed by atoms with Crippen molar-refractivity contribution < 1.29 is 19.0 Å². The van der Waals surface area contributed by atoms with Crippen molar-refractivity contribution in [2.45, 2.75) is 0 Å². The first-order valence-corrected chi connectivity index (χ1v) is 8.25. The molecule has 136 valence electrons. The average molecular weight is 375 g/mol. The molecule has 0 unspecified atom stereocenters. The second-order valence-corrected chi connectivity index (χ2v) is 6.32. The van der Waals surface area contributed by atoms with Crippen LogP contribution in [-0.2, 0) is 0 Å². The van der Waals surface area contributed by atoms with Crippen molar-refractivity contribution in [3.63, 3.8) is 0 Å². The minimum atomic E-state index is -0.330. The molecular weight excluding hydrogens is 356 g/mol. The van der Waals surface area contributed by atoms with E-state index in [-0.39, 0.29) is 17.6 Å². The van der Waals surface area contributed by atoms with Gasteiger partial charge in [0.25, 0.3) is 0 Å². The van der Waals surface area contributed by atoms with Gasteiger partial charge >= 0.3 is 0 Å². The number of carbonyl (C=O) groups is 1. The van der Waals surface area contributed by atoms with Crippen molar-refractivity contribution in [2.75, 3.05) is 38.6 Å². The molecule has 3 rings (SSSR count). The molecule has 2 N–H and O–H groups in total. The first-order valence-electron chi connectivity index (χ1n) is 7.87. The van der Waals surface area contributed by atoms with E-state index >= 15 is 0 Å². The van der Waals surface area contributed by atoms with E-state index in [9.17, 15) is 4.79 Å². The number of halogens is 1. The molecule has 0 amide bonds. The molecule has 26 heavy (non-hydrogen) atoms. The minimum Gasteiger partial charge on any atom is -0.492 e. The molecule has 0 saturated carbocycles. The lowest BCUT2D eigenvalue weighted by atomic mass is 10.1. The van der Waals surface area contributed by atoms with Gasteiger partial charge in [0.2, 0.25) is 18.3 Å². The molecule has 1 heterocycles. The van der Waals surface area contributed by atoms with E-state index in [1.807, 2.05) is 19.0 Å². The summed E-state index contributed by atoms with van der Waals surface area (Å²) >= 11 is 6.27. The number of hydrogen-bond acceptors (Lipinski definition) is 6. The number of nitrogen functional groups attached to an aromatic ring is 1. The summed E-state index contributed by atoms with van der Waals surface area (Å²) in [5.74, 6) is 1.23. The van der Waals surface area contributed by atoms with E-state index in [2.05, 4.69) is 0 Å². The molecule has 6 nitrogen and oxygen atoms in total. The molecule has 1 aliphatic heterocycles. The predicted octanol–water partition coefficient (Wildman–Crippen LogP) is 3.53. The lowest BCUT2D eigenvalue weighted by Gasteiger charge is -2.15. The Morgan fingerprint density at radius 3 is 2.69 bits per heavy atom. The van der Waals surface area contributed by atoms with Crippen LogP contribution in [0.3, 0.4) is 0 Å². The van der Waals surface area contributed by atoms with Crippen molar-refractivity contribution in [3.8, 4) is 17.2 Å². The summed E-state index contributed by atoms with van der Waals surface area (Å²) < 4.78 is 16.1. The van der Waals surface area contributed by atoms with Gasteiger partial charge in [-0.2, -0.15) is 0 Å². The Balaban J connectivity index is 1.93. The SMILES string of the molecule is COc1c(C=C(Cl)C(=O)c2ccc(N(C)C)c(N)c2)ccc2c1OCO2. The van der Waals surface area contributed by atoms with Crippen LogP contribution in [0.2, 0.25) is 0 Å². The second kappa shape index (κ2) is 7.17. The summed E-state index contributed by atoms with van der Waals surface area (Å²) in [6.45, 7) is 0.128. The van der Waals surface area contributed by atoms with E-state index in [0.717, 1.165) is 5.69 Å². The average Bonchev–Trinajstić information content (AvgIpc) is 3.09. The fourth-order valence-corrected chi connectivity index (χ4v) is 2.96. The summed E-state index contributed by atoms with van der Waals surface area (Å²) in [6.07, 6.45) is 1.54. The maximum absolute atomic E-state index is 12.6. The Hall–Kier alpha value is -2.86. The maximum Gasteiger partial charge on any atom is 0.231 e. The Bertz CT molecular complexity index is 893. The molecule has 0 aromatic heterocycles. The van der Waals surface area contributed by atoms with Crippen LogP contribution in [0.25, 0.3) is 6.08 Å². The molecule has 0 aliphatic carbocycles. The van der Waals surface area contributed by atoms with E-state index in [1.165, 1.54) is 7.11 Å². The lowest BCUT2D eigenvalue weighted by Crippen LogP contribution is -2.12. The molecule has 1 aliphatic rings. The van der Waals surface area contributed by atoms with Crippen LogP contribution in [0.4, 0.5) is 11.4 Å². The maximum atomic E-state index is 12.6. The van der Waals surface area contributed by atoms with Gasteiger partial charge in [-0.05, 0) is 36.4 Å². The molecule has 0 fully saturated rings. The van der Waals surface area contributed by atoms with Gasteiger partial charge in [0.1, 0.15) is 0 Å². The summed E-state index contributed by atoms with van der Waals surface area (Å²) in [4.78, 5) is 14.5. The first-order chi connectivity index (χ1) is 12.4. The van der Waals surface area contributed by atoms with Crippen molar-refractivity contribution in [3.05, 3.63) is 46.5 Å². The third kappa shape index (κ3) is 3.28. The third-order valence-corrected chi connectivity index (χ3v) is 4.28. The smallest absolute Gasteiger partial charge is 0.231 e. The number of anilines is 2. The van der Waals surface area contributed by atoms with Crippen LogP contribution in [0, 0.1) is 0 Å². The number of Topliss-reactive ketones (excluding diaryl/α,β-unsaturated/α-hetero) is 1. The number of methoxy groups -OCH3 is 1. The van der Waals surface area contributed by atoms with E-state index in [4.69, 9.17) is 31.5 Å². The molecule has 7 heteroatoms. The van der Waals surface area contributed by atoms with Gasteiger partial charge in [0.05, 0.1) is 23.5 Å². The number of rotatable bonds is 5. The van der Waals surface area contributed by atoms with E-state index < -0.39 is 0 Å². The predicted molar refractivity (Wildman–Crippen MR) is 102 cm³/mol. The number of benzene rings is 2. The molecule has 2 aromatic carbocycles. The van der Waals surface area contributed by atoms with Crippen LogP contribution in [0.15, 0.2) is 35.4 Å². The zero-order chi connectivity index (χ0) is 18.8. The van der Waals surface area contributed by atoms with Gasteiger partial charge in [-0.25, -0.2) is 0 Å². The van der Waals surface area contributed by atoms with Gasteiger partial charge in [0.15, 0.2) is 11.5 Å². The molecular formula is C19H19ClN2O4. The van der Waals surface area contributed by atoms with Crippen molar-refractivity contribution in [1.82, 2.24) is 0 Å². The number of allylic oxidation sites excluding steroid dienone is 1. The second-order valence-electron chi connectivity index (χ2n) is 5.91. The fourth-order valence-electron chi connectivity index (χ4n) is 2.73. The van der Waals surface area contributed by atoms with Crippen LogP contribution < -0.4 is 24.8 Å². The summed E-state index contributed by atoms with van der Waals surface area (Å²) in [6, 6.07) is 8.60. The Kier molecular flexibility index (Phi) is 4.95. The molecule has 0 saturated heterocycles. The van der Waals surface area contributed by atoms with Gasteiger partial charge < -0.3 is 24.8 Å². The highest BCUT2D eigenvalue weighted by atomic mass is 35.5. The summed E-state index contributed by atoms with van der Waals surface area (Å²) in [7, 11) is 5.28. The highest BCUT2D eigenvalue weighted by Crippen LogP contribution is 2.44. The van der Waals surface area contributed by atoms with Gasteiger partial charge in [-0.3, -0.25) is 4.79 Å². The number of ether oxygens (including phenoxy) is 3. The van der Waals surface area contributed by atoms with Crippen molar-refractivity contribution in [1.29, 1.82) is 0 Å². The number of hydrogen-bond donors (Lipinski definition) is 1. The highest BCUT2D eigenvalue weighted by molar-refractivity contribution is 6.47. The van der Waals surface area contributed by atoms with E-state index in [0.29, 0.717) is 34.1 Å². The van der Waals surface area contributed by atoms with Crippen molar-refractivity contribution >= 4 is 34.8 Å². The van der Waals surface area contributed by atoms with Gasteiger partial charge in [-0.15, -0.1) is 0 Å². The largest absolute Gasteiger partial charge is 0.492 e. The van der Waals surface area contributed by atoms with Gasteiger partial charge in [-0.1, -0.05) is 11.6 Å². The topological polar surface area (TPSA) is 74.0 Å². The number of nitrogens with two attached hydrogens (primary N) is 1. The third-order valence-electron chi connectivity index (χ3n) is 4.00. The molecule has 0 radical (unpaired) electrons. The summed E-state index contributed by atoms with van der Waals surface area (Å²) in [5.41, 5.74) is 8.38. The molecule has 2 aromatic rings. The lowest BCUT2D eigenvalue weighted by molar-refractivity contribution is 0.104. The van der Waals surface area contributed by atoms with Crippen LogP contribution in [0.1, 0.15) is 15.9 Å². The number of fused-ring (bicyclic) bond motifs is 1. The monoisotopic (exact) mass is 374 g/mol. The molecule has 0 spiro atoms. The quantitative estimate of drug-likeness (QED) is 0.490. The zero-order valence-corrected chi connectivity index (χ0v) is 15.5. The Morgan fingerprint density at radius 1 is 1.27 bits per heavy atom. The number of nitrogens with zero attached hydrogens (tertiary/aromatic N) is 1. The highest BCUT2D eigenvalue weighted by Gasteiger charge is 2.22. The van der Waals surface area contributed by atoms with Crippen LogP contribution in [-0.4, -0.2) is 33.8 Å². The normalized spacial score (nSPS) is 12.8. The van der Waals surface area contributed by atoms with Crippen molar-refractivity contribution in [2.24, 2.45) is 0 Å². The molecule has 0 bridgehead atoms. The number of ketones is 1. The Morgan fingerprint density at radius 2 is 2.04 bits per heavy atom. The standard InChI is InChI=1S/C19H19ClN2O4/c1-22(2)15-6-4-11(9-14(15)21)17(23)13(20)8-12-5-7-16-19(18(12)24-3)26-10-25-16/h4-9H,10,21H2,1-3H3. The van der Waals surface area contributed by atoms with Crippen LogP contribution in [0.5, 0.6) is 17.2 Å². The van der Waals surface area contributed by atoms with Gasteiger partial charge in [0, 0.05) is 25.2 Å². The van der Waals surface area contributed by atoms with Crippen LogP contribution >= 0.6 is 11.6 Å². The zero-order valence-electron chi connectivity index (χ0n) is 14.7. The number of carbonyl (C=O) groups excluding carboxylic acids is 1. The summed E-state index contributed by atoms with van der Waals surface area (Å²) in [5, 5.41) is 0.0409. The minimum absolute atomic E-state index is 0.0409. The Labute approximate surface area is 156 Å². The first kappa shape index (κ1) is 17.9. The molecule has 0 atom stereocenters. The fraction of sp³-hybridized carbons (Fsp3) is 0.211.